The largest absolute Gasteiger partial charge is 0.458 e. The highest BCUT2D eigenvalue weighted by Crippen LogP contribution is 2.46. The maximum absolute atomic E-state index is 15.4. The van der Waals surface area contributed by atoms with E-state index in [0.717, 1.165) is 10.5 Å². The van der Waals surface area contributed by atoms with Gasteiger partial charge in [-0.3, -0.25) is 48.1 Å². The van der Waals surface area contributed by atoms with Crippen molar-refractivity contribution in [1.82, 2.24) is 46.4 Å². The zero-order valence-electron chi connectivity index (χ0n) is 43.7. The van der Waals surface area contributed by atoms with Crippen LogP contribution in [0.4, 0.5) is 4.39 Å². The molecule has 0 bridgehead atoms. The molecule has 23 heteroatoms. The number of hydrogen-bond acceptors (Lipinski definition) is 14. The molecule has 0 radical (unpaired) electrons. The first-order valence-electron chi connectivity index (χ1n) is 25.9. The third-order valence-electron chi connectivity index (χ3n) is 14.5. The molecule has 8 amide bonds. The Balaban J connectivity index is 0.814. The van der Waals surface area contributed by atoms with Crippen LogP contribution in [0.2, 0.25) is 0 Å². The van der Waals surface area contributed by atoms with Crippen molar-refractivity contribution in [3.05, 3.63) is 110 Å². The zero-order chi connectivity index (χ0) is 56.1. The Bertz CT molecular complexity index is 3190. The van der Waals surface area contributed by atoms with Crippen LogP contribution in [0.1, 0.15) is 111 Å². The van der Waals surface area contributed by atoms with Crippen molar-refractivity contribution in [2.45, 2.75) is 122 Å². The van der Waals surface area contributed by atoms with Crippen LogP contribution >= 0.6 is 0 Å². The van der Waals surface area contributed by atoms with Gasteiger partial charge in [0.05, 0.1) is 66.7 Å². The number of carbonyl (C=O) groups excluding carboxylic acids is 9. The molecule has 0 unspecified atom stereocenters. The number of amides is 8. The lowest BCUT2D eigenvalue weighted by molar-refractivity contribution is -0.172. The summed E-state index contributed by atoms with van der Waals surface area (Å²) in [6.45, 7) is 4.85. The molecule has 7 N–H and O–H groups in total. The first kappa shape index (κ1) is 56.0. The predicted molar refractivity (Wildman–Crippen MR) is 277 cm³/mol. The predicted octanol–water partition coefficient (Wildman–Crippen LogP) is 1.45. The molecule has 78 heavy (non-hydrogen) atoms. The average Bonchev–Trinajstić information content (AvgIpc) is 4.11. The number of halogens is 1. The molecule has 4 aliphatic rings. The van der Waals surface area contributed by atoms with E-state index in [1.807, 2.05) is 0 Å². The van der Waals surface area contributed by atoms with E-state index in [1.165, 1.54) is 22.8 Å². The summed E-state index contributed by atoms with van der Waals surface area (Å²) in [4.78, 5) is 134. The van der Waals surface area contributed by atoms with Gasteiger partial charge in [0.25, 0.3) is 17.4 Å². The maximum atomic E-state index is 15.4. The fourth-order valence-corrected chi connectivity index (χ4v) is 10.2. The van der Waals surface area contributed by atoms with Gasteiger partial charge in [0.2, 0.25) is 35.4 Å². The summed E-state index contributed by atoms with van der Waals surface area (Å²) in [5.74, 6) is -5.55. The van der Waals surface area contributed by atoms with Crippen LogP contribution in [0.5, 0.6) is 0 Å². The summed E-state index contributed by atoms with van der Waals surface area (Å²) in [6, 6.07) is 9.95. The number of aryl methyl sites for hydroxylation is 1. The van der Waals surface area contributed by atoms with Gasteiger partial charge in [-0.15, -0.1) is 0 Å². The number of nitrogens with one attached hydrogen (secondary N) is 6. The number of hydrogen-bond donors (Lipinski definition) is 7. The van der Waals surface area contributed by atoms with E-state index in [2.05, 4.69) is 31.9 Å². The second-order valence-electron chi connectivity index (χ2n) is 20.3. The van der Waals surface area contributed by atoms with Crippen LogP contribution in [-0.2, 0) is 84.2 Å². The second-order valence-corrected chi connectivity index (χ2v) is 20.3. The van der Waals surface area contributed by atoms with Crippen LogP contribution in [0, 0.1) is 12.7 Å². The van der Waals surface area contributed by atoms with Gasteiger partial charge in [-0.2, -0.15) is 0 Å². The number of carbonyl (C=O) groups is 9. The molecule has 1 aliphatic carbocycles. The molecule has 8 rings (SSSR count). The number of ether oxygens (including phenoxy) is 2. The highest BCUT2D eigenvalue weighted by molar-refractivity contribution is 6.12. The van der Waals surface area contributed by atoms with E-state index in [4.69, 9.17) is 14.5 Å². The molecule has 2 aromatic carbocycles. The van der Waals surface area contributed by atoms with Crippen molar-refractivity contribution < 1.29 is 62.1 Å². The normalized spacial score (nSPS) is 17.4. The number of benzene rings is 2. The molecule has 412 valence electrons. The monoisotopic (exact) mass is 1080 g/mol. The minimum Gasteiger partial charge on any atom is -0.458 e. The summed E-state index contributed by atoms with van der Waals surface area (Å²) in [7, 11) is 0. The number of rotatable bonds is 23. The molecule has 0 saturated carbocycles. The van der Waals surface area contributed by atoms with E-state index in [-0.39, 0.29) is 75.1 Å². The average molecular weight is 1080 g/mol. The molecule has 3 atom stereocenters. The number of nitrogens with zero attached hydrogens (tertiary/aromatic N) is 3. The number of esters is 1. The molecule has 0 fully saturated rings. The Hall–Kier alpha value is -8.18. The number of pyridine rings is 2. The van der Waals surface area contributed by atoms with E-state index in [0.29, 0.717) is 76.6 Å². The van der Waals surface area contributed by atoms with Crippen LogP contribution in [-0.4, -0.2) is 117 Å². The Kier molecular flexibility index (Phi) is 17.0. The zero-order valence-corrected chi connectivity index (χ0v) is 43.7. The molecule has 0 spiro atoms. The Morgan fingerprint density at radius 1 is 0.872 bits per heavy atom. The minimum atomic E-state index is -2.05. The van der Waals surface area contributed by atoms with E-state index >= 15 is 4.39 Å². The van der Waals surface area contributed by atoms with Crippen LogP contribution in [0.3, 0.4) is 0 Å². The van der Waals surface area contributed by atoms with Gasteiger partial charge >= 0.3 is 5.97 Å². The Morgan fingerprint density at radius 2 is 1.56 bits per heavy atom. The molecule has 22 nitrogen and oxygen atoms in total. The van der Waals surface area contributed by atoms with Crippen molar-refractivity contribution in [3.63, 3.8) is 0 Å². The van der Waals surface area contributed by atoms with Crippen molar-refractivity contribution in [2.24, 2.45) is 0 Å². The lowest BCUT2D eigenvalue weighted by Crippen LogP contribution is -2.52. The van der Waals surface area contributed by atoms with Crippen LogP contribution in [0.15, 0.2) is 59.4 Å². The topological polar surface area (TPSA) is 303 Å². The molecular weight excluding hydrogens is 1010 g/mol. The maximum Gasteiger partial charge on any atom is 0.343 e. The van der Waals surface area contributed by atoms with Crippen molar-refractivity contribution in [1.29, 1.82) is 0 Å². The first-order chi connectivity index (χ1) is 37.2. The Morgan fingerprint density at radius 3 is 2.29 bits per heavy atom. The standard InChI is InChI=1S/C55H62FN9O13/c1-5-55(76)35-21-40-50-33(27-65(40)52(74)34(35)28-77-53(55)75)49-37(16-15-32-30(2)36(56)22-38(63-50)48(32)49)61-42(67)23-54(3,4)78-29-60-44(69)25-59-51(73)39(20-31-12-8-6-9-13-31)62-45(70)26-58-43(68)24-57-41(66)14-10-7-11-19-64-46(71)17-18-47(64)72/h6,8-9,12-13,17-18,21-22,37,39,76H,5,7,10-11,14-16,19-20,23-29H2,1-4H3,(H,57,66)(H,58,68)(H,59,73)(H,60,69)(H,61,67)(H,62,70)/t37-,39-,55-/m0/s1. The highest BCUT2D eigenvalue weighted by atomic mass is 19.1. The quantitative estimate of drug-likeness (QED) is 0.0211. The number of imide groups is 1. The van der Waals surface area contributed by atoms with Gasteiger partial charge in [0.15, 0.2) is 5.60 Å². The van der Waals surface area contributed by atoms with Gasteiger partial charge < -0.3 is 51.0 Å². The summed E-state index contributed by atoms with van der Waals surface area (Å²) in [5, 5.41) is 27.7. The Labute approximate surface area is 447 Å². The smallest absolute Gasteiger partial charge is 0.343 e. The summed E-state index contributed by atoms with van der Waals surface area (Å²) < 4.78 is 28.1. The van der Waals surface area contributed by atoms with Crippen molar-refractivity contribution in [2.75, 3.05) is 32.9 Å². The third kappa shape index (κ3) is 12.3. The molecule has 5 heterocycles. The fourth-order valence-electron chi connectivity index (χ4n) is 10.2. The highest BCUT2D eigenvalue weighted by Gasteiger charge is 2.46. The van der Waals surface area contributed by atoms with Crippen molar-refractivity contribution in [3.8, 4) is 11.4 Å². The lowest BCUT2D eigenvalue weighted by Gasteiger charge is -2.31. The number of unbranched alkanes of at least 4 members (excludes halogenated alkanes) is 2. The summed E-state index contributed by atoms with van der Waals surface area (Å²) in [5.41, 5.74) is 0.896. The van der Waals surface area contributed by atoms with Gasteiger partial charge in [-0.05, 0) is 81.2 Å². The van der Waals surface area contributed by atoms with Crippen molar-refractivity contribution >= 4 is 64.1 Å². The number of aromatic nitrogens is 2. The number of fused-ring (bicyclic) bond motifs is 5. The van der Waals surface area contributed by atoms with Crippen LogP contribution in [0.25, 0.3) is 22.3 Å². The van der Waals surface area contributed by atoms with Crippen LogP contribution < -0.4 is 37.5 Å². The molecule has 4 aromatic rings. The van der Waals surface area contributed by atoms with E-state index in [9.17, 15) is 53.1 Å². The van der Waals surface area contributed by atoms with E-state index in [1.54, 1.807) is 64.1 Å². The summed E-state index contributed by atoms with van der Waals surface area (Å²) in [6.07, 6.45) is 4.73. The number of aliphatic hydroxyl groups is 1. The molecule has 0 saturated heterocycles. The molecule has 3 aliphatic heterocycles. The second kappa shape index (κ2) is 23.6. The van der Waals surface area contributed by atoms with Gasteiger partial charge in [0.1, 0.15) is 25.2 Å². The molecular formula is C55H62FN9O13. The minimum absolute atomic E-state index is 0.0447. The lowest BCUT2D eigenvalue weighted by atomic mass is 9.81. The number of cyclic esters (lactones) is 1. The SMILES string of the molecule is CC[C@@]1(O)C(=O)OCc2c1cc1n(c2=O)Cc2c-1nc1cc(F)c(C)c3c1c2[C@@H](NC(=O)CC(C)(C)OCNC(=O)CNC(=O)[C@H](Cc1ccccc1)NC(=O)CNC(=O)CNC(=O)CCCCCN1C(=O)C=CC1=O)CC3. The van der Waals surface area contributed by atoms with Gasteiger partial charge in [-0.25, -0.2) is 14.2 Å². The third-order valence-corrected chi connectivity index (χ3v) is 14.5. The fraction of sp³-hybridized carbons (Fsp3) is 0.436. The van der Waals surface area contributed by atoms with Gasteiger partial charge in [-0.1, -0.05) is 43.7 Å². The van der Waals surface area contributed by atoms with Gasteiger partial charge in [0, 0.05) is 54.1 Å². The van der Waals surface area contributed by atoms with E-state index < -0.39 is 95.7 Å². The first-order valence-corrected chi connectivity index (χ1v) is 25.9. The molecule has 2 aromatic heterocycles. The summed E-state index contributed by atoms with van der Waals surface area (Å²) >= 11 is 0.